The number of aromatic nitrogens is 4. The van der Waals surface area contributed by atoms with E-state index in [9.17, 15) is 0 Å². The molecule has 2 saturated heterocycles. The van der Waals surface area contributed by atoms with Crippen LogP contribution in [0.3, 0.4) is 0 Å². The molecule has 2 fully saturated rings. The van der Waals surface area contributed by atoms with Crippen LogP contribution < -0.4 is 14.8 Å². The second kappa shape index (κ2) is 7.89. The van der Waals surface area contributed by atoms with Crippen LogP contribution in [0.4, 0.5) is 0 Å². The topological polar surface area (TPSA) is 86.6 Å². The molecule has 156 valence electrons. The van der Waals surface area contributed by atoms with Crippen molar-refractivity contribution in [1.82, 2.24) is 30.4 Å². The van der Waals surface area contributed by atoms with Crippen molar-refractivity contribution in [1.29, 1.82) is 0 Å². The molecule has 9 nitrogen and oxygen atoms in total. The Kier molecular flexibility index (Phi) is 5.11. The van der Waals surface area contributed by atoms with E-state index in [4.69, 9.17) is 14.2 Å². The lowest BCUT2D eigenvalue weighted by atomic mass is 9.85. The highest BCUT2D eigenvalue weighted by atomic mass is 16.7. The summed E-state index contributed by atoms with van der Waals surface area (Å²) >= 11 is 0. The van der Waals surface area contributed by atoms with Gasteiger partial charge in [-0.2, -0.15) is 4.68 Å². The molecular weight excluding hydrogens is 372 g/mol. The molecular formula is C20H28N6O3. The van der Waals surface area contributed by atoms with E-state index in [1.54, 1.807) is 0 Å². The largest absolute Gasteiger partial charge is 0.454 e. The Bertz CT molecular complexity index is 842. The van der Waals surface area contributed by atoms with Gasteiger partial charge in [-0.1, -0.05) is 6.92 Å². The monoisotopic (exact) mass is 400 g/mol. The molecule has 3 aliphatic rings. The van der Waals surface area contributed by atoms with Crippen LogP contribution in [0.5, 0.6) is 11.5 Å². The number of tetrazole rings is 1. The summed E-state index contributed by atoms with van der Waals surface area (Å²) in [4.78, 5) is 2.48. The number of piperidine rings is 1. The van der Waals surface area contributed by atoms with Crippen LogP contribution in [0.15, 0.2) is 18.2 Å². The van der Waals surface area contributed by atoms with E-state index in [2.05, 4.69) is 32.7 Å². The molecule has 1 unspecified atom stereocenters. The van der Waals surface area contributed by atoms with Crippen LogP contribution in [0.1, 0.15) is 32.0 Å². The standard InChI is InChI=1S/C20H28N6O3/c1-2-25-8-6-20(7-9-25,21-12-15-5-10-27-13-15)19-22-23-24-26(19)16-3-4-17-18(11-16)29-14-28-17/h3-4,11,15,21H,2,5-10,12-14H2,1H3. The number of hydrogen-bond donors (Lipinski definition) is 1. The maximum absolute atomic E-state index is 5.57. The van der Waals surface area contributed by atoms with Crippen molar-refractivity contribution in [3.63, 3.8) is 0 Å². The minimum Gasteiger partial charge on any atom is -0.454 e. The smallest absolute Gasteiger partial charge is 0.231 e. The Morgan fingerprint density at radius 3 is 2.86 bits per heavy atom. The molecule has 0 aliphatic carbocycles. The number of likely N-dealkylation sites (tertiary alicyclic amines) is 1. The molecule has 1 aromatic carbocycles. The summed E-state index contributed by atoms with van der Waals surface area (Å²) in [5.41, 5.74) is 0.631. The van der Waals surface area contributed by atoms with E-state index in [-0.39, 0.29) is 12.3 Å². The first kappa shape index (κ1) is 18.8. The predicted octanol–water partition coefficient (Wildman–Crippen LogP) is 1.33. The van der Waals surface area contributed by atoms with Gasteiger partial charge < -0.3 is 24.4 Å². The van der Waals surface area contributed by atoms with Gasteiger partial charge in [-0.25, -0.2) is 0 Å². The summed E-state index contributed by atoms with van der Waals surface area (Å²) in [6, 6.07) is 5.84. The van der Waals surface area contributed by atoms with Gasteiger partial charge in [-0.15, -0.1) is 5.10 Å². The first-order valence-corrected chi connectivity index (χ1v) is 10.5. The minimum atomic E-state index is -0.256. The summed E-state index contributed by atoms with van der Waals surface area (Å²) < 4.78 is 18.4. The van der Waals surface area contributed by atoms with E-state index < -0.39 is 0 Å². The van der Waals surface area contributed by atoms with Gasteiger partial charge in [0.15, 0.2) is 17.3 Å². The molecule has 1 atom stereocenters. The summed E-state index contributed by atoms with van der Waals surface area (Å²) in [5, 5.41) is 16.7. The van der Waals surface area contributed by atoms with Gasteiger partial charge in [-0.3, -0.25) is 0 Å². The fourth-order valence-corrected chi connectivity index (χ4v) is 4.49. The van der Waals surface area contributed by atoms with Gasteiger partial charge in [0.1, 0.15) is 0 Å². The van der Waals surface area contributed by atoms with Crippen molar-refractivity contribution in [3.8, 4) is 17.2 Å². The third-order valence-corrected chi connectivity index (χ3v) is 6.41. The minimum absolute atomic E-state index is 0.253. The molecule has 9 heteroatoms. The summed E-state index contributed by atoms with van der Waals surface area (Å²) in [6.45, 7) is 8.20. The van der Waals surface area contributed by atoms with Crippen molar-refractivity contribution in [2.75, 3.05) is 46.2 Å². The van der Waals surface area contributed by atoms with Crippen LogP contribution >= 0.6 is 0 Å². The van der Waals surface area contributed by atoms with Crippen molar-refractivity contribution < 1.29 is 14.2 Å². The lowest BCUT2D eigenvalue weighted by Gasteiger charge is -2.41. The normalized spacial score (nSPS) is 23.6. The number of rotatable bonds is 6. The van der Waals surface area contributed by atoms with Crippen molar-refractivity contribution in [2.45, 2.75) is 31.7 Å². The number of nitrogens with one attached hydrogen (secondary N) is 1. The number of hydrogen-bond acceptors (Lipinski definition) is 8. The van der Waals surface area contributed by atoms with Crippen LogP contribution in [0.25, 0.3) is 5.69 Å². The Morgan fingerprint density at radius 1 is 1.21 bits per heavy atom. The lowest BCUT2D eigenvalue weighted by molar-refractivity contribution is 0.122. The van der Waals surface area contributed by atoms with Crippen LogP contribution in [0, 0.1) is 5.92 Å². The highest BCUT2D eigenvalue weighted by molar-refractivity contribution is 5.50. The number of nitrogens with zero attached hydrogens (tertiary/aromatic N) is 5. The zero-order valence-corrected chi connectivity index (χ0v) is 16.8. The molecule has 1 N–H and O–H groups in total. The van der Waals surface area contributed by atoms with E-state index in [0.29, 0.717) is 5.92 Å². The SMILES string of the molecule is CCN1CCC(NCC2CCOC2)(c2nnnn2-c2ccc3c(c2)OCO3)CC1. The predicted molar refractivity (Wildman–Crippen MR) is 105 cm³/mol. The summed E-state index contributed by atoms with van der Waals surface area (Å²) in [7, 11) is 0. The molecule has 0 radical (unpaired) electrons. The van der Waals surface area contributed by atoms with E-state index in [1.807, 2.05) is 22.9 Å². The van der Waals surface area contributed by atoms with Crippen molar-refractivity contribution in [3.05, 3.63) is 24.0 Å². The van der Waals surface area contributed by atoms with E-state index in [1.165, 1.54) is 0 Å². The van der Waals surface area contributed by atoms with Crippen molar-refractivity contribution in [2.24, 2.45) is 5.92 Å². The Labute approximate surface area is 170 Å². The number of benzene rings is 1. The quantitative estimate of drug-likeness (QED) is 0.777. The molecule has 4 heterocycles. The van der Waals surface area contributed by atoms with Crippen LogP contribution in [-0.2, 0) is 10.3 Å². The zero-order chi connectivity index (χ0) is 19.7. The second-order valence-corrected chi connectivity index (χ2v) is 8.08. The summed E-state index contributed by atoms with van der Waals surface area (Å²) in [6.07, 6.45) is 3.05. The van der Waals surface area contributed by atoms with Crippen LogP contribution in [0.2, 0.25) is 0 Å². The van der Waals surface area contributed by atoms with Crippen LogP contribution in [-0.4, -0.2) is 71.3 Å². The molecule has 0 bridgehead atoms. The third-order valence-electron chi connectivity index (χ3n) is 6.41. The highest BCUT2D eigenvalue weighted by Crippen LogP contribution is 2.36. The molecule has 5 rings (SSSR count). The van der Waals surface area contributed by atoms with Gasteiger partial charge in [0.2, 0.25) is 6.79 Å². The average molecular weight is 400 g/mol. The average Bonchev–Trinajstić information content (AvgIpc) is 3.53. The number of ether oxygens (including phenoxy) is 3. The Balaban J connectivity index is 1.45. The van der Waals surface area contributed by atoms with Gasteiger partial charge in [-0.05, 0) is 54.3 Å². The van der Waals surface area contributed by atoms with Gasteiger partial charge >= 0.3 is 0 Å². The molecule has 29 heavy (non-hydrogen) atoms. The molecule has 0 spiro atoms. The van der Waals surface area contributed by atoms with Gasteiger partial charge in [0.05, 0.1) is 17.8 Å². The first-order chi connectivity index (χ1) is 14.3. The lowest BCUT2D eigenvalue weighted by Crippen LogP contribution is -2.53. The maximum atomic E-state index is 5.57. The van der Waals surface area contributed by atoms with Gasteiger partial charge in [0.25, 0.3) is 0 Å². The molecule has 0 amide bonds. The van der Waals surface area contributed by atoms with Crippen molar-refractivity contribution >= 4 is 0 Å². The Morgan fingerprint density at radius 2 is 2.07 bits per heavy atom. The second-order valence-electron chi connectivity index (χ2n) is 8.08. The zero-order valence-electron chi connectivity index (χ0n) is 16.8. The van der Waals surface area contributed by atoms with Gasteiger partial charge in [0, 0.05) is 32.3 Å². The number of fused-ring (bicyclic) bond motifs is 1. The van der Waals surface area contributed by atoms with E-state index >= 15 is 0 Å². The first-order valence-electron chi connectivity index (χ1n) is 10.5. The Hall–Kier alpha value is -2.23. The summed E-state index contributed by atoms with van der Waals surface area (Å²) in [5.74, 6) is 2.90. The van der Waals surface area contributed by atoms with E-state index in [0.717, 1.165) is 81.7 Å². The third kappa shape index (κ3) is 3.58. The molecule has 2 aromatic rings. The molecule has 1 aromatic heterocycles. The fraction of sp³-hybridized carbons (Fsp3) is 0.650. The fourth-order valence-electron chi connectivity index (χ4n) is 4.49. The molecule has 3 aliphatic heterocycles. The highest BCUT2D eigenvalue weighted by Gasteiger charge is 2.41. The maximum Gasteiger partial charge on any atom is 0.231 e. The molecule has 0 saturated carbocycles.